The van der Waals surface area contributed by atoms with Crippen molar-refractivity contribution < 1.29 is 0 Å². The van der Waals surface area contributed by atoms with Crippen LogP contribution in [0.4, 0.5) is 0 Å². The minimum absolute atomic E-state index is 0.0519. The molecule has 0 bridgehead atoms. The van der Waals surface area contributed by atoms with Crippen molar-refractivity contribution in [3.63, 3.8) is 0 Å². The zero-order valence-corrected chi connectivity index (χ0v) is 14.9. The van der Waals surface area contributed by atoms with Crippen molar-refractivity contribution in [1.29, 1.82) is 0 Å². The average molecular weight is 364 g/mol. The van der Waals surface area contributed by atoms with Crippen LogP contribution in [0.1, 0.15) is 42.1 Å². The van der Waals surface area contributed by atoms with Gasteiger partial charge >= 0.3 is 0 Å². The lowest BCUT2D eigenvalue weighted by Crippen LogP contribution is -2.34. The van der Waals surface area contributed by atoms with E-state index in [1.54, 1.807) is 0 Å². The highest BCUT2D eigenvalue weighted by Crippen LogP contribution is 2.57. The van der Waals surface area contributed by atoms with Crippen LogP contribution in [0.2, 0.25) is 0 Å². The van der Waals surface area contributed by atoms with Gasteiger partial charge in [0.1, 0.15) is 0 Å². The largest absolute Gasteiger partial charge is 0.377 e. The van der Waals surface area contributed by atoms with Gasteiger partial charge < -0.3 is 5.32 Å². The second-order valence-electron chi connectivity index (χ2n) is 7.26. The Morgan fingerprint density at radius 3 is 2.83 bits per heavy atom. The number of rotatable bonds is 0. The van der Waals surface area contributed by atoms with Crippen LogP contribution in [-0.2, 0) is 6.42 Å². The molecule has 0 aromatic heterocycles. The molecule has 1 heterocycles. The fraction of sp³-hybridized carbons (Fsp3) is 0.238. The highest BCUT2D eigenvalue weighted by Gasteiger charge is 2.45. The molecular weight excluding hydrogens is 346 g/mol. The third-order valence-electron chi connectivity index (χ3n) is 5.60. The topological polar surface area (TPSA) is 12.0 Å². The summed E-state index contributed by atoms with van der Waals surface area (Å²) in [5.74, 6) is 0. The molecular formula is C21H18BrN. The monoisotopic (exact) mass is 363 g/mol. The molecule has 5 rings (SSSR count). The highest BCUT2D eigenvalue weighted by molar-refractivity contribution is 9.10. The van der Waals surface area contributed by atoms with Gasteiger partial charge in [0, 0.05) is 22.0 Å². The van der Waals surface area contributed by atoms with Crippen LogP contribution in [0.5, 0.6) is 0 Å². The molecule has 0 fully saturated rings. The molecule has 1 aliphatic heterocycles. The van der Waals surface area contributed by atoms with E-state index < -0.39 is 0 Å². The van der Waals surface area contributed by atoms with Crippen LogP contribution in [-0.4, -0.2) is 0 Å². The fourth-order valence-corrected chi connectivity index (χ4v) is 4.91. The molecule has 1 atom stereocenters. The molecule has 2 aromatic rings. The van der Waals surface area contributed by atoms with Crippen LogP contribution in [0.25, 0.3) is 11.6 Å². The second-order valence-corrected chi connectivity index (χ2v) is 8.18. The Hall–Kier alpha value is -1.80. The van der Waals surface area contributed by atoms with Gasteiger partial charge in [0.2, 0.25) is 0 Å². The van der Waals surface area contributed by atoms with Crippen LogP contribution in [0, 0.1) is 5.41 Å². The first-order valence-electron chi connectivity index (χ1n) is 8.15. The zero-order valence-electron chi connectivity index (χ0n) is 13.3. The lowest BCUT2D eigenvalue weighted by Gasteiger charge is -2.40. The number of fused-ring (bicyclic) bond motifs is 5. The van der Waals surface area contributed by atoms with Gasteiger partial charge in [-0.2, -0.15) is 0 Å². The molecule has 1 nitrogen and oxygen atoms in total. The van der Waals surface area contributed by atoms with Crippen LogP contribution in [0.15, 0.2) is 58.2 Å². The number of hydrogen-bond acceptors (Lipinski definition) is 1. The zero-order chi connectivity index (χ0) is 15.8. The standard InChI is InChI=1S/C21H18BrN/c1-21(2)17-9-12-5-3-4-6-15(12)20(17)23-18-10-13-7-8-14(22)11-16(13)19(18)21/h3-9,11,20,23H,10H2,1-2H3. The number of allylic oxidation sites excluding steroid dienone is 2. The Kier molecular flexibility index (Phi) is 2.60. The normalized spacial score (nSPS) is 22.7. The molecule has 0 radical (unpaired) electrons. The van der Waals surface area contributed by atoms with Crippen molar-refractivity contribution >= 4 is 27.6 Å². The van der Waals surface area contributed by atoms with Gasteiger partial charge in [-0.15, -0.1) is 0 Å². The Balaban J connectivity index is 1.72. The summed E-state index contributed by atoms with van der Waals surface area (Å²) < 4.78 is 1.16. The predicted molar refractivity (Wildman–Crippen MR) is 98.8 cm³/mol. The molecule has 0 saturated carbocycles. The van der Waals surface area contributed by atoms with Gasteiger partial charge in [-0.1, -0.05) is 66.2 Å². The van der Waals surface area contributed by atoms with Gasteiger partial charge in [0.05, 0.1) is 6.04 Å². The number of nitrogens with one attached hydrogen (secondary N) is 1. The third kappa shape index (κ3) is 1.73. The van der Waals surface area contributed by atoms with Gasteiger partial charge in [-0.3, -0.25) is 0 Å². The van der Waals surface area contributed by atoms with E-state index in [1.165, 1.54) is 39.1 Å². The van der Waals surface area contributed by atoms with Crippen molar-refractivity contribution in [3.8, 4) is 0 Å². The summed E-state index contributed by atoms with van der Waals surface area (Å²) in [4.78, 5) is 0. The van der Waals surface area contributed by atoms with E-state index in [0.717, 1.165) is 10.9 Å². The van der Waals surface area contributed by atoms with E-state index in [9.17, 15) is 0 Å². The van der Waals surface area contributed by atoms with Gasteiger partial charge in [0.15, 0.2) is 0 Å². The predicted octanol–water partition coefficient (Wildman–Crippen LogP) is 5.48. The summed E-state index contributed by atoms with van der Waals surface area (Å²) >= 11 is 3.64. The molecule has 0 amide bonds. The lowest BCUT2D eigenvalue weighted by atomic mass is 9.70. The maximum Gasteiger partial charge on any atom is 0.0742 e. The van der Waals surface area contributed by atoms with E-state index in [1.807, 2.05) is 0 Å². The van der Waals surface area contributed by atoms with E-state index >= 15 is 0 Å². The van der Waals surface area contributed by atoms with Gasteiger partial charge in [-0.25, -0.2) is 0 Å². The molecule has 1 N–H and O–H groups in total. The second kappa shape index (κ2) is 4.39. The third-order valence-corrected chi connectivity index (χ3v) is 6.10. The first kappa shape index (κ1) is 13.6. The van der Waals surface area contributed by atoms with Gasteiger partial charge in [0.25, 0.3) is 0 Å². The summed E-state index contributed by atoms with van der Waals surface area (Å²) in [5, 5.41) is 3.85. The molecule has 2 aliphatic carbocycles. The lowest BCUT2D eigenvalue weighted by molar-refractivity contribution is 0.489. The SMILES string of the molecule is CC1(C)C2=Cc3ccccc3C2NC2=C1c1cc(Br)ccc1C2. The summed E-state index contributed by atoms with van der Waals surface area (Å²) in [5.41, 5.74) is 10.0. The summed E-state index contributed by atoms with van der Waals surface area (Å²) in [7, 11) is 0. The first-order valence-corrected chi connectivity index (χ1v) is 8.95. The van der Waals surface area contributed by atoms with Crippen molar-refractivity contribution in [2.75, 3.05) is 0 Å². The summed E-state index contributed by atoms with van der Waals surface area (Å²) in [6.07, 6.45) is 3.42. The number of halogens is 1. The van der Waals surface area contributed by atoms with E-state index in [-0.39, 0.29) is 5.41 Å². The van der Waals surface area contributed by atoms with Crippen LogP contribution in [0.3, 0.4) is 0 Å². The molecule has 114 valence electrons. The van der Waals surface area contributed by atoms with E-state index in [0.29, 0.717) is 6.04 Å². The minimum Gasteiger partial charge on any atom is -0.377 e. The van der Waals surface area contributed by atoms with Crippen LogP contribution < -0.4 is 5.32 Å². The van der Waals surface area contributed by atoms with Crippen molar-refractivity contribution in [3.05, 3.63) is 80.5 Å². The highest BCUT2D eigenvalue weighted by atomic mass is 79.9. The van der Waals surface area contributed by atoms with Crippen molar-refractivity contribution in [1.82, 2.24) is 5.32 Å². The molecule has 0 saturated heterocycles. The molecule has 2 heteroatoms. The quantitative estimate of drug-likeness (QED) is 0.652. The Morgan fingerprint density at radius 2 is 1.96 bits per heavy atom. The molecule has 2 aromatic carbocycles. The summed E-state index contributed by atoms with van der Waals surface area (Å²) in [6, 6.07) is 15.8. The molecule has 3 aliphatic rings. The molecule has 23 heavy (non-hydrogen) atoms. The molecule has 1 unspecified atom stereocenters. The van der Waals surface area contributed by atoms with E-state index in [4.69, 9.17) is 0 Å². The number of benzene rings is 2. The summed E-state index contributed by atoms with van der Waals surface area (Å²) in [6.45, 7) is 4.76. The Morgan fingerprint density at radius 1 is 1.13 bits per heavy atom. The van der Waals surface area contributed by atoms with E-state index in [2.05, 4.69) is 83.6 Å². The average Bonchev–Trinajstić information content (AvgIpc) is 3.07. The number of hydrogen-bond donors (Lipinski definition) is 1. The minimum atomic E-state index is 0.0519. The first-order chi connectivity index (χ1) is 11.1. The van der Waals surface area contributed by atoms with Crippen molar-refractivity contribution in [2.45, 2.75) is 26.3 Å². The maximum absolute atomic E-state index is 3.85. The Bertz CT molecular complexity index is 917. The van der Waals surface area contributed by atoms with Crippen LogP contribution >= 0.6 is 15.9 Å². The smallest absolute Gasteiger partial charge is 0.0742 e. The van der Waals surface area contributed by atoms with Crippen molar-refractivity contribution in [2.24, 2.45) is 5.41 Å². The Labute approximate surface area is 145 Å². The van der Waals surface area contributed by atoms with Gasteiger partial charge in [-0.05, 0) is 45.5 Å². The fourth-order valence-electron chi connectivity index (χ4n) is 4.55. The molecule has 0 spiro atoms. The maximum atomic E-state index is 3.85.